The molecule has 0 spiro atoms. The van der Waals surface area contributed by atoms with Crippen molar-refractivity contribution in [1.29, 1.82) is 0 Å². The number of carbonyl (C=O) groups is 2. The topological polar surface area (TPSA) is 66.4 Å². The third-order valence-electron chi connectivity index (χ3n) is 1.45. The molecule has 1 amide bonds. The number of carboxylic acid groups (broad SMARTS) is 1. The molecule has 0 aromatic heterocycles. The van der Waals surface area contributed by atoms with Crippen molar-refractivity contribution < 1.29 is 19.1 Å². The molecule has 0 aliphatic carbocycles. The molecule has 1 atom stereocenters. The smallest absolute Gasteiger partial charge is 0.326 e. The van der Waals surface area contributed by atoms with Crippen LogP contribution in [0.1, 0.15) is 13.3 Å². The molecule has 14 heavy (non-hydrogen) atoms. The highest BCUT2D eigenvalue weighted by Crippen LogP contribution is 2.05. The van der Waals surface area contributed by atoms with E-state index in [4.69, 9.17) is 5.11 Å². The molecule has 0 heterocycles. The molecule has 0 bridgehead atoms. The number of hydrogen-bond donors (Lipinski definition) is 2. The van der Waals surface area contributed by atoms with Crippen LogP contribution >= 0.6 is 11.8 Å². The standard InChI is InChI=1S/C8H14FNO3S/c1-6(11)10-7(8(12)13)2-4-14-5-3-9/h7H,2-5H2,1H3,(H,10,11)(H,12,13). The maximum absolute atomic E-state index is 11.7. The second kappa shape index (κ2) is 7.61. The molecule has 0 rings (SSSR count). The summed E-state index contributed by atoms with van der Waals surface area (Å²) in [5.74, 6) is -0.526. The molecule has 0 saturated carbocycles. The number of carbonyl (C=O) groups excluding carboxylic acids is 1. The molecule has 2 N–H and O–H groups in total. The first-order chi connectivity index (χ1) is 6.57. The van der Waals surface area contributed by atoms with Gasteiger partial charge in [0.15, 0.2) is 0 Å². The second-order valence-electron chi connectivity index (χ2n) is 2.68. The summed E-state index contributed by atoms with van der Waals surface area (Å²) in [6, 6.07) is -0.861. The van der Waals surface area contributed by atoms with E-state index in [1.165, 1.54) is 18.7 Å². The number of halogens is 1. The average molecular weight is 223 g/mol. The summed E-state index contributed by atoms with van der Waals surface area (Å²) in [6.07, 6.45) is 0.319. The number of alkyl halides is 1. The first kappa shape index (κ1) is 13.2. The molecule has 0 aliphatic rings. The number of hydrogen-bond acceptors (Lipinski definition) is 3. The number of carboxylic acids is 1. The third-order valence-corrected chi connectivity index (χ3v) is 2.42. The SMILES string of the molecule is CC(=O)NC(CCSCCF)C(=O)O. The van der Waals surface area contributed by atoms with Crippen LogP contribution in [0.3, 0.4) is 0 Å². The average Bonchev–Trinajstić information content (AvgIpc) is 2.09. The maximum atomic E-state index is 11.7. The summed E-state index contributed by atoms with van der Waals surface area (Å²) in [5, 5.41) is 11.0. The van der Waals surface area contributed by atoms with Crippen LogP contribution in [0.2, 0.25) is 0 Å². The van der Waals surface area contributed by atoms with E-state index in [9.17, 15) is 14.0 Å². The van der Waals surface area contributed by atoms with Crippen molar-refractivity contribution >= 4 is 23.6 Å². The number of thioether (sulfide) groups is 1. The Bertz CT molecular complexity index is 201. The van der Waals surface area contributed by atoms with Gasteiger partial charge in [-0.25, -0.2) is 4.79 Å². The lowest BCUT2D eigenvalue weighted by atomic mass is 10.2. The van der Waals surface area contributed by atoms with E-state index in [-0.39, 0.29) is 5.91 Å². The van der Waals surface area contributed by atoms with Crippen LogP contribution in [-0.2, 0) is 9.59 Å². The van der Waals surface area contributed by atoms with Crippen molar-refractivity contribution in [3.8, 4) is 0 Å². The lowest BCUT2D eigenvalue weighted by molar-refractivity contribution is -0.141. The summed E-state index contributed by atoms with van der Waals surface area (Å²) >= 11 is 1.34. The predicted octanol–water partition coefficient (Wildman–Crippen LogP) is 0.669. The van der Waals surface area contributed by atoms with Crippen molar-refractivity contribution in [1.82, 2.24) is 5.32 Å². The number of aliphatic carboxylic acids is 1. The lowest BCUT2D eigenvalue weighted by Gasteiger charge is -2.12. The van der Waals surface area contributed by atoms with Crippen LogP contribution in [0.4, 0.5) is 4.39 Å². The van der Waals surface area contributed by atoms with Crippen molar-refractivity contribution in [3.05, 3.63) is 0 Å². The van der Waals surface area contributed by atoms with Crippen LogP contribution < -0.4 is 5.32 Å². The highest BCUT2D eigenvalue weighted by atomic mass is 32.2. The van der Waals surface area contributed by atoms with Gasteiger partial charge in [-0.1, -0.05) is 0 Å². The predicted molar refractivity (Wildman–Crippen MR) is 53.2 cm³/mol. The first-order valence-corrected chi connectivity index (χ1v) is 5.37. The van der Waals surface area contributed by atoms with Gasteiger partial charge >= 0.3 is 5.97 Å². The van der Waals surface area contributed by atoms with Gasteiger partial charge in [0.1, 0.15) is 6.04 Å². The van der Waals surface area contributed by atoms with Gasteiger partial charge in [0.05, 0.1) is 6.67 Å². The molecule has 6 heteroatoms. The van der Waals surface area contributed by atoms with E-state index in [1.807, 2.05) is 0 Å². The van der Waals surface area contributed by atoms with Gasteiger partial charge < -0.3 is 10.4 Å². The zero-order valence-electron chi connectivity index (χ0n) is 7.96. The molecular formula is C8H14FNO3S. The molecule has 0 saturated heterocycles. The van der Waals surface area contributed by atoms with Crippen LogP contribution in [0.5, 0.6) is 0 Å². The van der Waals surface area contributed by atoms with E-state index in [0.29, 0.717) is 17.9 Å². The zero-order valence-corrected chi connectivity index (χ0v) is 8.77. The first-order valence-electron chi connectivity index (χ1n) is 4.21. The van der Waals surface area contributed by atoms with E-state index in [0.717, 1.165) is 0 Å². The van der Waals surface area contributed by atoms with Gasteiger partial charge in [0.2, 0.25) is 5.91 Å². The van der Waals surface area contributed by atoms with E-state index >= 15 is 0 Å². The maximum Gasteiger partial charge on any atom is 0.326 e. The minimum Gasteiger partial charge on any atom is -0.480 e. The normalized spacial score (nSPS) is 12.1. The molecule has 0 aromatic carbocycles. The molecule has 0 fully saturated rings. The van der Waals surface area contributed by atoms with Gasteiger partial charge in [-0.05, 0) is 12.2 Å². The fraction of sp³-hybridized carbons (Fsp3) is 0.750. The van der Waals surface area contributed by atoms with Gasteiger partial charge in [-0.2, -0.15) is 11.8 Å². The summed E-state index contributed by atoms with van der Waals surface area (Å²) in [4.78, 5) is 21.2. The Kier molecular flexibility index (Phi) is 7.18. The Morgan fingerprint density at radius 1 is 1.50 bits per heavy atom. The summed E-state index contributed by atoms with van der Waals surface area (Å²) < 4.78 is 11.7. The quantitative estimate of drug-likeness (QED) is 0.622. The summed E-state index contributed by atoms with van der Waals surface area (Å²) in [6.45, 7) is 0.854. The lowest BCUT2D eigenvalue weighted by Crippen LogP contribution is -2.39. The highest BCUT2D eigenvalue weighted by Gasteiger charge is 2.17. The second-order valence-corrected chi connectivity index (χ2v) is 3.91. The molecular weight excluding hydrogens is 209 g/mol. The highest BCUT2D eigenvalue weighted by molar-refractivity contribution is 7.99. The van der Waals surface area contributed by atoms with E-state index < -0.39 is 18.7 Å². The minimum absolute atomic E-state index is 0.319. The van der Waals surface area contributed by atoms with Gasteiger partial charge in [0, 0.05) is 12.7 Å². The fourth-order valence-electron chi connectivity index (χ4n) is 0.861. The monoisotopic (exact) mass is 223 g/mol. The van der Waals surface area contributed by atoms with Crippen molar-refractivity contribution in [2.75, 3.05) is 18.2 Å². The van der Waals surface area contributed by atoms with Crippen molar-refractivity contribution in [3.63, 3.8) is 0 Å². The van der Waals surface area contributed by atoms with Crippen molar-refractivity contribution in [2.24, 2.45) is 0 Å². The largest absolute Gasteiger partial charge is 0.480 e. The number of nitrogens with one attached hydrogen (secondary N) is 1. The summed E-state index contributed by atoms with van der Waals surface area (Å²) in [5.41, 5.74) is 0. The Morgan fingerprint density at radius 2 is 2.14 bits per heavy atom. The van der Waals surface area contributed by atoms with Crippen LogP contribution in [0.25, 0.3) is 0 Å². The van der Waals surface area contributed by atoms with Crippen LogP contribution in [0, 0.1) is 0 Å². The zero-order chi connectivity index (χ0) is 11.0. The molecule has 82 valence electrons. The number of rotatable bonds is 7. The van der Waals surface area contributed by atoms with E-state index in [2.05, 4.69) is 5.32 Å². The minimum atomic E-state index is -1.05. The summed E-state index contributed by atoms with van der Waals surface area (Å²) in [7, 11) is 0. The van der Waals surface area contributed by atoms with Crippen LogP contribution in [-0.4, -0.2) is 41.2 Å². The third kappa shape index (κ3) is 6.71. The van der Waals surface area contributed by atoms with Crippen molar-refractivity contribution in [2.45, 2.75) is 19.4 Å². The molecule has 1 unspecified atom stereocenters. The Morgan fingerprint density at radius 3 is 2.57 bits per heavy atom. The Hall–Kier alpha value is -0.780. The molecule has 4 nitrogen and oxygen atoms in total. The molecule has 0 aromatic rings. The van der Waals surface area contributed by atoms with Gasteiger partial charge in [-0.3, -0.25) is 9.18 Å². The fourth-order valence-corrected chi connectivity index (χ4v) is 1.58. The Labute approximate surface area is 86.2 Å². The molecule has 0 radical (unpaired) electrons. The number of amides is 1. The molecule has 0 aliphatic heterocycles. The Balaban J connectivity index is 3.74. The van der Waals surface area contributed by atoms with Gasteiger partial charge in [0.25, 0.3) is 0 Å². The van der Waals surface area contributed by atoms with E-state index in [1.54, 1.807) is 0 Å². The van der Waals surface area contributed by atoms with Gasteiger partial charge in [-0.15, -0.1) is 0 Å². The van der Waals surface area contributed by atoms with Crippen LogP contribution in [0.15, 0.2) is 0 Å².